The highest BCUT2D eigenvalue weighted by molar-refractivity contribution is 7.84. The third kappa shape index (κ3) is 5.31. The highest BCUT2D eigenvalue weighted by Gasteiger charge is 2.32. The van der Waals surface area contributed by atoms with Crippen LogP contribution in [0.25, 0.3) is 10.9 Å². The molecular formula is C24H35FN4O3S. The summed E-state index contributed by atoms with van der Waals surface area (Å²) in [6, 6.07) is 5.26. The summed E-state index contributed by atoms with van der Waals surface area (Å²) >= 11 is 0. The molecule has 0 spiro atoms. The quantitative estimate of drug-likeness (QED) is 0.578. The predicted molar refractivity (Wildman–Crippen MR) is 128 cm³/mol. The molecule has 0 bridgehead atoms. The maximum atomic E-state index is 14.0. The molecule has 0 radical (unpaired) electrons. The molecule has 0 atom stereocenters. The fourth-order valence-corrected chi connectivity index (χ4v) is 6.15. The van der Waals surface area contributed by atoms with Crippen molar-refractivity contribution in [3.8, 4) is 0 Å². The molecule has 1 saturated carbocycles. The van der Waals surface area contributed by atoms with Crippen LogP contribution in [0.1, 0.15) is 69.7 Å². The zero-order valence-electron chi connectivity index (χ0n) is 19.5. The van der Waals surface area contributed by atoms with E-state index in [0.717, 1.165) is 49.5 Å². The summed E-state index contributed by atoms with van der Waals surface area (Å²) in [7, 11) is -4.15. The fourth-order valence-electron chi connectivity index (χ4n) is 5.87. The van der Waals surface area contributed by atoms with Crippen LogP contribution in [0.2, 0.25) is 0 Å². The number of hydrogen-bond donors (Lipinski definition) is 2. The fraction of sp³-hybridized carbons (Fsp3) is 0.625. The number of fused-ring (bicyclic) bond motifs is 1. The number of aromatic nitrogens is 1. The average Bonchev–Trinajstić information content (AvgIpc) is 3.09. The van der Waals surface area contributed by atoms with Crippen molar-refractivity contribution in [2.24, 2.45) is 17.0 Å². The molecule has 2 fully saturated rings. The number of rotatable bonds is 7. The Balaban J connectivity index is 1.56. The Kier molecular flexibility index (Phi) is 7.23. The minimum atomic E-state index is -4.15. The molecule has 9 heteroatoms. The normalized spacial score (nSPS) is 23.4. The number of nitrogens with zero attached hydrogens (tertiary/aromatic N) is 2. The number of halogens is 1. The molecule has 0 unspecified atom stereocenters. The maximum absolute atomic E-state index is 14.0. The summed E-state index contributed by atoms with van der Waals surface area (Å²) in [5, 5.41) is 13.6. The van der Waals surface area contributed by atoms with Crippen LogP contribution in [-0.4, -0.2) is 43.2 Å². The summed E-state index contributed by atoms with van der Waals surface area (Å²) in [6.07, 6.45) is 8.06. The minimum Gasteiger partial charge on any atom is -0.339 e. The van der Waals surface area contributed by atoms with Gasteiger partial charge < -0.3 is 14.9 Å². The van der Waals surface area contributed by atoms with Crippen LogP contribution in [0, 0.1) is 23.1 Å². The Morgan fingerprint density at radius 1 is 1.15 bits per heavy atom. The summed E-state index contributed by atoms with van der Waals surface area (Å²) in [5.41, 5.74) is 1.82. The van der Waals surface area contributed by atoms with E-state index in [9.17, 15) is 12.8 Å². The van der Waals surface area contributed by atoms with E-state index in [2.05, 4.69) is 18.7 Å². The Morgan fingerprint density at radius 2 is 1.82 bits per heavy atom. The topological polar surface area (TPSA) is 101 Å². The van der Waals surface area contributed by atoms with Gasteiger partial charge in [-0.25, -0.2) is 9.53 Å². The molecule has 1 aromatic heterocycles. The van der Waals surface area contributed by atoms with Crippen LogP contribution >= 0.6 is 0 Å². The van der Waals surface area contributed by atoms with Crippen LogP contribution < -0.4 is 5.14 Å². The highest BCUT2D eigenvalue weighted by atomic mass is 32.2. The molecule has 2 aromatic rings. The van der Waals surface area contributed by atoms with Crippen molar-refractivity contribution in [3.63, 3.8) is 0 Å². The van der Waals surface area contributed by atoms with Crippen molar-refractivity contribution in [2.45, 2.75) is 71.1 Å². The lowest BCUT2D eigenvalue weighted by atomic mass is 9.79. The molecule has 7 nitrogen and oxygen atoms in total. The number of hydrogen-bond acceptors (Lipinski definition) is 5. The van der Waals surface area contributed by atoms with Gasteiger partial charge in [-0.2, -0.15) is 8.42 Å². The van der Waals surface area contributed by atoms with Crippen molar-refractivity contribution in [1.82, 2.24) is 9.47 Å². The SMILES string of the molecule is CC(C)[C@H]1CC[C@@H](N2CCC(n3c(COS(N)(=O)=O)c(C=N)c4cc(F)ccc43)CC2)CC1. The predicted octanol–water partition coefficient (Wildman–Crippen LogP) is 4.35. The molecule has 1 aromatic carbocycles. The lowest BCUT2D eigenvalue weighted by molar-refractivity contribution is 0.0884. The van der Waals surface area contributed by atoms with E-state index < -0.39 is 16.1 Å². The third-order valence-corrected chi connectivity index (χ3v) is 8.13. The van der Waals surface area contributed by atoms with Gasteiger partial charge in [0, 0.05) is 47.9 Å². The van der Waals surface area contributed by atoms with Crippen molar-refractivity contribution in [3.05, 3.63) is 35.3 Å². The molecular weight excluding hydrogens is 443 g/mol. The minimum absolute atomic E-state index is 0.119. The maximum Gasteiger partial charge on any atom is 0.333 e. The number of piperidine rings is 1. The second kappa shape index (κ2) is 9.82. The van der Waals surface area contributed by atoms with E-state index in [0.29, 0.717) is 22.7 Å². The molecule has 182 valence electrons. The van der Waals surface area contributed by atoms with Crippen molar-refractivity contribution < 1.29 is 17.0 Å². The Bertz CT molecular complexity index is 1100. The largest absolute Gasteiger partial charge is 0.339 e. The summed E-state index contributed by atoms with van der Waals surface area (Å²) in [6.45, 7) is 6.31. The van der Waals surface area contributed by atoms with E-state index in [4.69, 9.17) is 14.7 Å². The first-order valence-corrected chi connectivity index (χ1v) is 13.4. The summed E-state index contributed by atoms with van der Waals surface area (Å²) < 4.78 is 43.9. The first-order valence-electron chi connectivity index (χ1n) is 11.9. The smallest absolute Gasteiger partial charge is 0.333 e. The van der Waals surface area contributed by atoms with Gasteiger partial charge in [-0.1, -0.05) is 13.8 Å². The summed E-state index contributed by atoms with van der Waals surface area (Å²) in [5.74, 6) is 1.20. The zero-order chi connectivity index (χ0) is 23.8. The lowest BCUT2D eigenvalue weighted by Crippen LogP contribution is -2.44. The van der Waals surface area contributed by atoms with Crippen LogP contribution in [0.5, 0.6) is 0 Å². The first kappa shape index (κ1) is 24.3. The number of likely N-dealkylation sites (tertiary alicyclic amines) is 1. The molecule has 0 amide bonds. The van der Waals surface area contributed by atoms with E-state index >= 15 is 0 Å². The van der Waals surface area contributed by atoms with Gasteiger partial charge in [0.2, 0.25) is 0 Å². The summed E-state index contributed by atoms with van der Waals surface area (Å²) in [4.78, 5) is 2.61. The van der Waals surface area contributed by atoms with Gasteiger partial charge in [-0.3, -0.25) is 4.18 Å². The van der Waals surface area contributed by atoms with E-state index in [1.54, 1.807) is 6.07 Å². The molecule has 1 aliphatic heterocycles. The Hall–Kier alpha value is -1.81. The first-order chi connectivity index (χ1) is 15.7. The van der Waals surface area contributed by atoms with Crippen LogP contribution in [0.15, 0.2) is 18.2 Å². The number of nitrogens with two attached hydrogens (primary N) is 1. The third-order valence-electron chi connectivity index (χ3n) is 7.68. The monoisotopic (exact) mass is 478 g/mol. The second-order valence-corrected chi connectivity index (χ2v) is 11.1. The molecule has 3 N–H and O–H groups in total. The van der Waals surface area contributed by atoms with Crippen LogP contribution in [0.4, 0.5) is 4.39 Å². The van der Waals surface area contributed by atoms with Gasteiger partial charge in [-0.15, -0.1) is 0 Å². The van der Waals surface area contributed by atoms with Gasteiger partial charge in [-0.05, 0) is 68.6 Å². The van der Waals surface area contributed by atoms with Gasteiger partial charge in [0.1, 0.15) is 12.4 Å². The van der Waals surface area contributed by atoms with Crippen LogP contribution in [0.3, 0.4) is 0 Å². The lowest BCUT2D eigenvalue weighted by Gasteiger charge is -2.42. The number of nitrogens with one attached hydrogen (secondary N) is 1. The van der Waals surface area contributed by atoms with Crippen LogP contribution in [-0.2, 0) is 21.1 Å². The van der Waals surface area contributed by atoms with Crippen molar-refractivity contribution in [1.29, 1.82) is 5.41 Å². The molecule has 33 heavy (non-hydrogen) atoms. The number of benzene rings is 1. The highest BCUT2D eigenvalue weighted by Crippen LogP contribution is 2.37. The van der Waals surface area contributed by atoms with Gasteiger partial charge >= 0.3 is 10.3 Å². The zero-order valence-corrected chi connectivity index (χ0v) is 20.3. The standard InChI is InChI=1S/C24H35FN4O3S/c1-16(2)17-3-6-19(7-4-17)28-11-9-20(10-12-28)29-23-8-5-18(25)13-21(23)22(14-26)24(29)15-32-33(27,30)31/h5,8,13-14,16-17,19-20,26H,3-4,6-7,9-12,15H2,1-2H3,(H2,27,30,31)/t17-,19+. The van der Waals surface area contributed by atoms with E-state index in [-0.39, 0.29) is 12.6 Å². The van der Waals surface area contributed by atoms with Gasteiger partial charge in [0.05, 0.1) is 5.69 Å². The molecule has 1 aliphatic carbocycles. The van der Waals surface area contributed by atoms with Crippen molar-refractivity contribution in [2.75, 3.05) is 13.1 Å². The Morgan fingerprint density at radius 3 is 2.39 bits per heavy atom. The molecule has 2 aliphatic rings. The van der Waals surface area contributed by atoms with Gasteiger partial charge in [0.15, 0.2) is 0 Å². The Labute approximate surface area is 195 Å². The van der Waals surface area contributed by atoms with E-state index in [1.165, 1.54) is 37.8 Å². The molecule has 1 saturated heterocycles. The van der Waals surface area contributed by atoms with E-state index in [1.807, 2.05) is 4.57 Å². The van der Waals surface area contributed by atoms with Crippen molar-refractivity contribution >= 4 is 27.4 Å². The average molecular weight is 479 g/mol. The van der Waals surface area contributed by atoms with Gasteiger partial charge in [0.25, 0.3) is 0 Å². The molecule has 2 heterocycles. The molecule has 4 rings (SSSR count). The second-order valence-electron chi connectivity index (χ2n) is 9.87.